The fraction of sp³-hybridized carbons (Fsp3) is 0.130. The Bertz CT molecular complexity index is 1420. The number of amides is 1. The van der Waals surface area contributed by atoms with Gasteiger partial charge in [0.25, 0.3) is 11.5 Å². The number of carbonyl (C=O) groups excluding carboxylic acids is 1. The van der Waals surface area contributed by atoms with E-state index < -0.39 is 23.2 Å². The number of nitrogen functional groups attached to an aromatic ring is 1. The van der Waals surface area contributed by atoms with Gasteiger partial charge in [-0.05, 0) is 41.8 Å². The maximum Gasteiger partial charge on any atom is 0.326 e. The standard InChI is InChI=1S/C23H21ClN6O3/c1-13(27-22(32)20-19(25)21(31)29-23(33)28-20)15-3-2-4-16(9-15)17-10-26-30(12-17)11-14-5-7-18(24)8-6-14/h2-10,12-13H,11,25H2,1H3,(H,27,32)(H2,28,29,31,33)/t13-/m1/s1. The van der Waals surface area contributed by atoms with E-state index in [1.807, 2.05) is 64.4 Å². The van der Waals surface area contributed by atoms with E-state index in [1.165, 1.54) is 0 Å². The van der Waals surface area contributed by atoms with Crippen LogP contribution >= 0.6 is 11.6 Å². The SMILES string of the molecule is C[C@@H](NC(=O)c1[nH]c(=O)[nH]c(=O)c1N)c1cccc(-c2cnn(Cc3ccc(Cl)cc3)c2)c1. The summed E-state index contributed by atoms with van der Waals surface area (Å²) in [6.07, 6.45) is 3.72. The Kier molecular flexibility index (Phi) is 6.14. The zero-order chi connectivity index (χ0) is 23.5. The van der Waals surface area contributed by atoms with Gasteiger partial charge in [0, 0.05) is 16.8 Å². The van der Waals surface area contributed by atoms with Crippen molar-refractivity contribution in [3.05, 3.63) is 104 Å². The summed E-state index contributed by atoms with van der Waals surface area (Å²) >= 11 is 5.94. The summed E-state index contributed by atoms with van der Waals surface area (Å²) < 4.78 is 1.84. The Hall–Kier alpha value is -4.11. The number of benzene rings is 2. The second-order valence-corrected chi connectivity index (χ2v) is 8.01. The molecule has 4 aromatic rings. The van der Waals surface area contributed by atoms with Gasteiger partial charge in [-0.3, -0.25) is 19.3 Å². The number of H-pyrrole nitrogens is 2. The molecule has 0 saturated carbocycles. The van der Waals surface area contributed by atoms with Crippen LogP contribution in [0.4, 0.5) is 5.69 Å². The number of carbonyl (C=O) groups is 1. The number of aromatic nitrogens is 4. The van der Waals surface area contributed by atoms with Gasteiger partial charge in [0.05, 0.1) is 18.8 Å². The van der Waals surface area contributed by atoms with Crippen LogP contribution in [0.25, 0.3) is 11.1 Å². The molecular weight excluding hydrogens is 444 g/mol. The number of anilines is 1. The molecule has 2 aromatic carbocycles. The number of hydrogen-bond acceptors (Lipinski definition) is 5. The molecule has 0 aliphatic carbocycles. The third-order valence-electron chi connectivity index (χ3n) is 5.17. The first-order chi connectivity index (χ1) is 15.8. The first-order valence-corrected chi connectivity index (χ1v) is 10.5. The number of nitrogens with zero attached hydrogens (tertiary/aromatic N) is 2. The smallest absolute Gasteiger partial charge is 0.326 e. The monoisotopic (exact) mass is 464 g/mol. The normalized spacial score (nSPS) is 11.8. The lowest BCUT2D eigenvalue weighted by atomic mass is 10.0. The predicted molar refractivity (Wildman–Crippen MR) is 126 cm³/mol. The van der Waals surface area contributed by atoms with Gasteiger partial charge in [-0.1, -0.05) is 41.9 Å². The van der Waals surface area contributed by atoms with Crippen LogP contribution < -0.4 is 22.3 Å². The molecule has 2 heterocycles. The summed E-state index contributed by atoms with van der Waals surface area (Å²) in [5.41, 5.74) is 7.18. The highest BCUT2D eigenvalue weighted by Crippen LogP contribution is 2.23. The Morgan fingerprint density at radius 3 is 2.67 bits per heavy atom. The van der Waals surface area contributed by atoms with E-state index in [0.29, 0.717) is 11.6 Å². The van der Waals surface area contributed by atoms with Crippen LogP contribution in [-0.4, -0.2) is 25.7 Å². The lowest BCUT2D eigenvalue weighted by Gasteiger charge is -2.15. The van der Waals surface area contributed by atoms with E-state index in [-0.39, 0.29) is 11.4 Å². The van der Waals surface area contributed by atoms with Crippen molar-refractivity contribution in [2.24, 2.45) is 0 Å². The van der Waals surface area contributed by atoms with Gasteiger partial charge in [0.2, 0.25) is 0 Å². The Morgan fingerprint density at radius 2 is 1.91 bits per heavy atom. The zero-order valence-electron chi connectivity index (χ0n) is 17.6. The maximum absolute atomic E-state index is 12.6. The van der Waals surface area contributed by atoms with Crippen molar-refractivity contribution >= 4 is 23.2 Å². The summed E-state index contributed by atoms with van der Waals surface area (Å²) in [4.78, 5) is 40.0. The van der Waals surface area contributed by atoms with Gasteiger partial charge in [-0.15, -0.1) is 0 Å². The first kappa shape index (κ1) is 22.1. The number of hydrogen-bond donors (Lipinski definition) is 4. The highest BCUT2D eigenvalue weighted by atomic mass is 35.5. The molecule has 9 nitrogen and oxygen atoms in total. The van der Waals surface area contributed by atoms with Crippen molar-refractivity contribution in [3.63, 3.8) is 0 Å². The second-order valence-electron chi connectivity index (χ2n) is 7.57. The van der Waals surface area contributed by atoms with Gasteiger partial charge >= 0.3 is 5.69 Å². The zero-order valence-corrected chi connectivity index (χ0v) is 18.4. The average molecular weight is 465 g/mol. The summed E-state index contributed by atoms with van der Waals surface area (Å²) in [6.45, 7) is 2.40. The number of nitrogens with one attached hydrogen (secondary N) is 3. The molecule has 0 spiro atoms. The van der Waals surface area contributed by atoms with E-state index in [2.05, 4.69) is 15.4 Å². The minimum Gasteiger partial charge on any atom is -0.392 e. The molecule has 0 aliphatic heterocycles. The average Bonchev–Trinajstić information content (AvgIpc) is 3.26. The Balaban J connectivity index is 1.50. The molecule has 2 aromatic heterocycles. The second kappa shape index (κ2) is 9.17. The molecule has 0 fully saturated rings. The van der Waals surface area contributed by atoms with Gasteiger partial charge in [-0.2, -0.15) is 5.10 Å². The molecule has 0 bridgehead atoms. The van der Waals surface area contributed by atoms with Crippen molar-refractivity contribution in [2.45, 2.75) is 19.5 Å². The largest absolute Gasteiger partial charge is 0.392 e. The van der Waals surface area contributed by atoms with Crippen LogP contribution in [0.15, 0.2) is 70.5 Å². The molecule has 168 valence electrons. The molecule has 4 rings (SSSR count). The molecule has 10 heteroatoms. The molecule has 0 aliphatic rings. The topological polar surface area (TPSA) is 139 Å². The molecule has 1 amide bonds. The lowest BCUT2D eigenvalue weighted by molar-refractivity contribution is 0.0935. The Morgan fingerprint density at radius 1 is 1.15 bits per heavy atom. The van der Waals surface area contributed by atoms with Crippen molar-refractivity contribution < 1.29 is 4.79 Å². The van der Waals surface area contributed by atoms with Gasteiger partial charge < -0.3 is 16.0 Å². The first-order valence-electron chi connectivity index (χ1n) is 10.1. The van der Waals surface area contributed by atoms with Gasteiger partial charge in [0.15, 0.2) is 0 Å². The van der Waals surface area contributed by atoms with E-state index in [0.717, 1.165) is 22.3 Å². The van der Waals surface area contributed by atoms with Crippen molar-refractivity contribution in [1.82, 2.24) is 25.1 Å². The molecule has 5 N–H and O–H groups in total. The maximum atomic E-state index is 12.6. The lowest BCUT2D eigenvalue weighted by Crippen LogP contribution is -2.34. The molecule has 0 radical (unpaired) electrons. The number of nitrogens with two attached hydrogens (primary N) is 1. The van der Waals surface area contributed by atoms with Gasteiger partial charge in [-0.25, -0.2) is 4.79 Å². The van der Waals surface area contributed by atoms with Crippen LogP contribution in [0.1, 0.15) is 34.6 Å². The fourth-order valence-electron chi connectivity index (χ4n) is 3.39. The van der Waals surface area contributed by atoms with E-state index >= 15 is 0 Å². The van der Waals surface area contributed by atoms with Crippen LogP contribution in [0.2, 0.25) is 5.02 Å². The van der Waals surface area contributed by atoms with Crippen LogP contribution in [-0.2, 0) is 6.54 Å². The van der Waals surface area contributed by atoms with Crippen LogP contribution in [0.5, 0.6) is 0 Å². The Labute approximate surface area is 193 Å². The van der Waals surface area contributed by atoms with E-state index in [4.69, 9.17) is 17.3 Å². The number of aromatic amines is 2. The minimum atomic E-state index is -0.811. The molecular formula is C23H21ClN6O3. The summed E-state index contributed by atoms with van der Waals surface area (Å²) in [5, 5.41) is 7.87. The highest BCUT2D eigenvalue weighted by molar-refractivity contribution is 6.30. The fourth-order valence-corrected chi connectivity index (χ4v) is 3.52. The molecule has 0 unspecified atom stereocenters. The van der Waals surface area contributed by atoms with E-state index in [9.17, 15) is 14.4 Å². The van der Waals surface area contributed by atoms with Crippen LogP contribution in [0.3, 0.4) is 0 Å². The third-order valence-corrected chi connectivity index (χ3v) is 5.42. The number of halogens is 1. The summed E-state index contributed by atoms with van der Waals surface area (Å²) in [7, 11) is 0. The minimum absolute atomic E-state index is 0.268. The quantitative estimate of drug-likeness (QED) is 0.347. The summed E-state index contributed by atoms with van der Waals surface area (Å²) in [6, 6.07) is 14.8. The van der Waals surface area contributed by atoms with Crippen molar-refractivity contribution in [1.29, 1.82) is 0 Å². The number of rotatable bonds is 6. The highest BCUT2D eigenvalue weighted by Gasteiger charge is 2.17. The predicted octanol–water partition coefficient (Wildman–Crippen LogP) is 2.70. The molecule has 33 heavy (non-hydrogen) atoms. The van der Waals surface area contributed by atoms with Gasteiger partial charge in [0.1, 0.15) is 11.4 Å². The van der Waals surface area contributed by atoms with Crippen molar-refractivity contribution in [2.75, 3.05) is 5.73 Å². The molecule has 0 saturated heterocycles. The third kappa shape index (κ3) is 5.04. The summed E-state index contributed by atoms with van der Waals surface area (Å²) in [5.74, 6) is -0.649. The van der Waals surface area contributed by atoms with Crippen LogP contribution in [0, 0.1) is 0 Å². The van der Waals surface area contributed by atoms with E-state index in [1.54, 1.807) is 13.1 Å². The van der Waals surface area contributed by atoms with Crippen molar-refractivity contribution in [3.8, 4) is 11.1 Å². The molecule has 1 atom stereocenters.